The van der Waals surface area contributed by atoms with E-state index in [9.17, 15) is 5.11 Å². The third kappa shape index (κ3) is 1.69. The predicted octanol–water partition coefficient (Wildman–Crippen LogP) is 1.98. The number of rotatable bonds is 1. The molecule has 1 fully saturated rings. The van der Waals surface area contributed by atoms with E-state index in [4.69, 9.17) is 0 Å². The molecule has 0 saturated heterocycles. The zero-order valence-corrected chi connectivity index (χ0v) is 8.90. The fourth-order valence-corrected chi connectivity index (χ4v) is 2.36. The highest BCUT2D eigenvalue weighted by molar-refractivity contribution is 5.08. The SMILES string of the molecule is Cc1cc(C)n([C@H]2CCCC[C@H]2O)n1. The Morgan fingerprint density at radius 2 is 2.07 bits per heavy atom. The average molecular weight is 194 g/mol. The van der Waals surface area contributed by atoms with E-state index in [0.717, 1.165) is 30.7 Å². The smallest absolute Gasteiger partial charge is 0.0781 e. The lowest BCUT2D eigenvalue weighted by Crippen LogP contribution is -2.28. The van der Waals surface area contributed by atoms with Crippen molar-refractivity contribution in [1.82, 2.24) is 9.78 Å². The van der Waals surface area contributed by atoms with Crippen molar-refractivity contribution in [3.05, 3.63) is 17.5 Å². The van der Waals surface area contributed by atoms with E-state index < -0.39 is 0 Å². The third-order valence-electron chi connectivity index (χ3n) is 3.05. The van der Waals surface area contributed by atoms with Gasteiger partial charge in [0, 0.05) is 5.69 Å². The fraction of sp³-hybridized carbons (Fsp3) is 0.727. The van der Waals surface area contributed by atoms with Gasteiger partial charge in [-0.15, -0.1) is 0 Å². The van der Waals surface area contributed by atoms with Crippen molar-refractivity contribution in [1.29, 1.82) is 0 Å². The predicted molar refractivity (Wildman–Crippen MR) is 55.2 cm³/mol. The molecule has 0 aromatic carbocycles. The molecule has 0 amide bonds. The van der Waals surface area contributed by atoms with Crippen molar-refractivity contribution in [2.45, 2.75) is 51.7 Å². The van der Waals surface area contributed by atoms with Crippen molar-refractivity contribution in [3.63, 3.8) is 0 Å². The summed E-state index contributed by atoms with van der Waals surface area (Å²) in [5, 5.41) is 14.3. The summed E-state index contributed by atoms with van der Waals surface area (Å²) in [4.78, 5) is 0. The van der Waals surface area contributed by atoms with Crippen LogP contribution in [0.1, 0.15) is 43.1 Å². The molecule has 1 N–H and O–H groups in total. The monoisotopic (exact) mass is 194 g/mol. The van der Waals surface area contributed by atoms with E-state index in [1.807, 2.05) is 11.6 Å². The van der Waals surface area contributed by atoms with Crippen LogP contribution in [0, 0.1) is 13.8 Å². The van der Waals surface area contributed by atoms with Gasteiger partial charge in [-0.1, -0.05) is 12.8 Å². The van der Waals surface area contributed by atoms with Gasteiger partial charge >= 0.3 is 0 Å². The second kappa shape index (κ2) is 3.73. The Morgan fingerprint density at radius 1 is 1.36 bits per heavy atom. The number of nitrogens with zero attached hydrogens (tertiary/aromatic N) is 2. The highest BCUT2D eigenvalue weighted by Gasteiger charge is 2.26. The molecule has 1 aliphatic carbocycles. The van der Waals surface area contributed by atoms with Crippen molar-refractivity contribution in [2.75, 3.05) is 0 Å². The van der Waals surface area contributed by atoms with Crippen LogP contribution in [-0.4, -0.2) is 21.0 Å². The van der Waals surface area contributed by atoms with E-state index in [-0.39, 0.29) is 12.1 Å². The lowest BCUT2D eigenvalue weighted by molar-refractivity contribution is 0.0683. The molecular weight excluding hydrogens is 176 g/mol. The quantitative estimate of drug-likeness (QED) is 0.742. The summed E-state index contributed by atoms with van der Waals surface area (Å²) in [7, 11) is 0. The number of hydrogen-bond donors (Lipinski definition) is 1. The molecule has 0 aliphatic heterocycles. The summed E-state index contributed by atoms with van der Waals surface area (Å²) >= 11 is 0. The maximum absolute atomic E-state index is 9.90. The number of hydrogen-bond acceptors (Lipinski definition) is 2. The van der Waals surface area contributed by atoms with Gasteiger partial charge in [-0.05, 0) is 32.8 Å². The normalized spacial score (nSPS) is 27.9. The first-order valence-electron chi connectivity index (χ1n) is 5.39. The standard InChI is InChI=1S/C11H18N2O/c1-8-7-9(2)13(12-8)10-5-3-4-6-11(10)14/h7,10-11,14H,3-6H2,1-2H3/t10-,11+/m0/s1. The minimum Gasteiger partial charge on any atom is -0.391 e. The highest BCUT2D eigenvalue weighted by Crippen LogP contribution is 2.29. The second-order valence-corrected chi connectivity index (χ2v) is 4.29. The zero-order valence-electron chi connectivity index (χ0n) is 8.90. The molecule has 0 bridgehead atoms. The summed E-state index contributed by atoms with van der Waals surface area (Å²) in [6.45, 7) is 4.06. The maximum Gasteiger partial charge on any atom is 0.0781 e. The Morgan fingerprint density at radius 3 is 2.64 bits per heavy atom. The van der Waals surface area contributed by atoms with Crippen LogP contribution in [0.3, 0.4) is 0 Å². The molecule has 0 unspecified atom stereocenters. The number of aliphatic hydroxyl groups is 1. The van der Waals surface area contributed by atoms with Gasteiger partial charge in [0.15, 0.2) is 0 Å². The maximum atomic E-state index is 9.90. The molecule has 1 aromatic rings. The topological polar surface area (TPSA) is 38.0 Å². The minimum atomic E-state index is -0.207. The molecule has 14 heavy (non-hydrogen) atoms. The van der Waals surface area contributed by atoms with Gasteiger partial charge in [0.1, 0.15) is 0 Å². The molecule has 0 radical (unpaired) electrons. The third-order valence-corrected chi connectivity index (χ3v) is 3.05. The van der Waals surface area contributed by atoms with Crippen molar-refractivity contribution in [2.24, 2.45) is 0 Å². The molecule has 1 saturated carbocycles. The van der Waals surface area contributed by atoms with E-state index in [1.54, 1.807) is 0 Å². The molecule has 2 atom stereocenters. The molecule has 3 heteroatoms. The van der Waals surface area contributed by atoms with Gasteiger partial charge < -0.3 is 5.11 Å². The first-order chi connectivity index (χ1) is 6.68. The van der Waals surface area contributed by atoms with Crippen LogP contribution >= 0.6 is 0 Å². The lowest BCUT2D eigenvalue weighted by atomic mass is 9.92. The lowest BCUT2D eigenvalue weighted by Gasteiger charge is -2.28. The van der Waals surface area contributed by atoms with Crippen molar-refractivity contribution in [3.8, 4) is 0 Å². The summed E-state index contributed by atoms with van der Waals surface area (Å²) in [5.74, 6) is 0. The zero-order chi connectivity index (χ0) is 10.1. The Labute approximate surface area is 84.7 Å². The van der Waals surface area contributed by atoms with Gasteiger partial charge in [-0.2, -0.15) is 5.10 Å². The Kier molecular flexibility index (Phi) is 2.59. The molecule has 78 valence electrons. The molecular formula is C11H18N2O. The summed E-state index contributed by atoms with van der Waals surface area (Å²) < 4.78 is 2.00. The first kappa shape index (κ1) is 9.71. The number of aliphatic hydroxyl groups excluding tert-OH is 1. The Hall–Kier alpha value is -0.830. The first-order valence-corrected chi connectivity index (χ1v) is 5.39. The minimum absolute atomic E-state index is 0.206. The van der Waals surface area contributed by atoms with Crippen molar-refractivity contribution < 1.29 is 5.11 Å². The Balaban J connectivity index is 2.24. The summed E-state index contributed by atoms with van der Waals surface area (Å²) in [6.07, 6.45) is 4.13. The van der Waals surface area contributed by atoms with E-state index in [0.29, 0.717) is 0 Å². The van der Waals surface area contributed by atoms with Crippen LogP contribution in [0.15, 0.2) is 6.07 Å². The van der Waals surface area contributed by atoms with Gasteiger partial charge in [0.05, 0.1) is 17.8 Å². The van der Waals surface area contributed by atoms with Crippen LogP contribution in [0.25, 0.3) is 0 Å². The van der Waals surface area contributed by atoms with Gasteiger partial charge in [-0.25, -0.2) is 0 Å². The van der Waals surface area contributed by atoms with Crippen LogP contribution in [0.4, 0.5) is 0 Å². The van der Waals surface area contributed by atoms with Crippen LogP contribution in [-0.2, 0) is 0 Å². The molecule has 0 spiro atoms. The molecule has 3 nitrogen and oxygen atoms in total. The average Bonchev–Trinajstić information content (AvgIpc) is 2.46. The van der Waals surface area contributed by atoms with Crippen LogP contribution in [0.2, 0.25) is 0 Å². The van der Waals surface area contributed by atoms with Crippen molar-refractivity contribution >= 4 is 0 Å². The molecule has 1 heterocycles. The van der Waals surface area contributed by atoms with Gasteiger partial charge in [0.2, 0.25) is 0 Å². The summed E-state index contributed by atoms with van der Waals surface area (Å²) in [5.41, 5.74) is 2.20. The second-order valence-electron chi connectivity index (χ2n) is 4.29. The number of aromatic nitrogens is 2. The van der Waals surface area contributed by atoms with Crippen LogP contribution < -0.4 is 0 Å². The van der Waals surface area contributed by atoms with Gasteiger partial charge in [-0.3, -0.25) is 4.68 Å². The van der Waals surface area contributed by atoms with E-state index in [1.165, 1.54) is 6.42 Å². The number of aryl methyl sites for hydroxylation is 2. The Bertz CT molecular complexity index is 319. The van der Waals surface area contributed by atoms with Crippen LogP contribution in [0.5, 0.6) is 0 Å². The summed E-state index contributed by atoms with van der Waals surface area (Å²) in [6, 6.07) is 2.28. The van der Waals surface area contributed by atoms with Gasteiger partial charge in [0.25, 0.3) is 0 Å². The fourth-order valence-electron chi connectivity index (χ4n) is 2.36. The molecule has 1 aromatic heterocycles. The van der Waals surface area contributed by atoms with E-state index in [2.05, 4.69) is 18.1 Å². The highest BCUT2D eigenvalue weighted by atomic mass is 16.3. The molecule has 1 aliphatic rings. The molecule has 2 rings (SSSR count). The largest absolute Gasteiger partial charge is 0.391 e. The van der Waals surface area contributed by atoms with E-state index >= 15 is 0 Å².